The lowest BCUT2D eigenvalue weighted by Crippen LogP contribution is -2.50. The van der Waals surface area contributed by atoms with Gasteiger partial charge < -0.3 is 4.74 Å². The van der Waals surface area contributed by atoms with Crippen molar-refractivity contribution in [2.75, 3.05) is 30.8 Å². The van der Waals surface area contributed by atoms with Crippen LogP contribution in [0.2, 0.25) is 0 Å². The van der Waals surface area contributed by atoms with Crippen LogP contribution in [0.15, 0.2) is 24.5 Å². The number of aryl methyl sites for hydroxylation is 1. The molecule has 0 N–H and O–H groups in total. The van der Waals surface area contributed by atoms with Gasteiger partial charge in [-0.1, -0.05) is 15.9 Å². The van der Waals surface area contributed by atoms with Crippen LogP contribution in [0.1, 0.15) is 5.56 Å². The standard InChI is InChI=1S/C12H17BrN2O3S/c13-9-12-10-18-7-6-15(12)19(16,17)8-3-11-1-4-14-5-2-11/h1-2,4-5,12H,3,6-10H2. The fraction of sp³-hybridized carbons (Fsp3) is 0.583. The van der Waals surface area contributed by atoms with Crippen molar-refractivity contribution < 1.29 is 13.2 Å². The lowest BCUT2D eigenvalue weighted by Gasteiger charge is -2.33. The molecule has 1 fully saturated rings. The van der Waals surface area contributed by atoms with Gasteiger partial charge in [-0.25, -0.2) is 8.42 Å². The molecular weight excluding hydrogens is 332 g/mol. The van der Waals surface area contributed by atoms with Crippen LogP contribution in [-0.4, -0.2) is 54.6 Å². The third-order valence-electron chi connectivity index (χ3n) is 3.11. The van der Waals surface area contributed by atoms with Gasteiger partial charge in [0.1, 0.15) is 0 Å². The number of pyridine rings is 1. The van der Waals surface area contributed by atoms with Crippen molar-refractivity contribution in [1.29, 1.82) is 0 Å². The van der Waals surface area contributed by atoms with Crippen LogP contribution in [0, 0.1) is 0 Å². The molecule has 1 atom stereocenters. The maximum atomic E-state index is 12.4. The van der Waals surface area contributed by atoms with Crippen molar-refractivity contribution >= 4 is 26.0 Å². The molecule has 0 saturated carbocycles. The molecule has 1 aliphatic rings. The summed E-state index contributed by atoms with van der Waals surface area (Å²) in [5.74, 6) is 0.126. The highest BCUT2D eigenvalue weighted by molar-refractivity contribution is 9.09. The number of ether oxygens (including phenoxy) is 1. The number of rotatable bonds is 5. The average molecular weight is 349 g/mol. The fourth-order valence-electron chi connectivity index (χ4n) is 2.04. The van der Waals surface area contributed by atoms with E-state index in [1.54, 1.807) is 16.7 Å². The summed E-state index contributed by atoms with van der Waals surface area (Å²) in [6.07, 6.45) is 3.87. The van der Waals surface area contributed by atoms with E-state index in [2.05, 4.69) is 20.9 Å². The minimum absolute atomic E-state index is 0.101. The van der Waals surface area contributed by atoms with E-state index < -0.39 is 10.0 Å². The molecule has 5 nitrogen and oxygen atoms in total. The van der Waals surface area contributed by atoms with E-state index in [1.165, 1.54) is 0 Å². The molecule has 2 rings (SSSR count). The van der Waals surface area contributed by atoms with Gasteiger partial charge in [-0.05, 0) is 24.1 Å². The SMILES string of the molecule is O=S(=O)(CCc1ccncc1)N1CCOCC1CBr. The van der Waals surface area contributed by atoms with Gasteiger partial charge in [-0.2, -0.15) is 4.31 Å². The van der Waals surface area contributed by atoms with Crippen molar-refractivity contribution in [3.05, 3.63) is 30.1 Å². The second-order valence-corrected chi connectivity index (χ2v) is 7.10. The molecule has 0 amide bonds. The van der Waals surface area contributed by atoms with Gasteiger partial charge in [-0.3, -0.25) is 4.98 Å². The summed E-state index contributed by atoms with van der Waals surface area (Å²) in [4.78, 5) is 3.92. The van der Waals surface area contributed by atoms with Gasteiger partial charge in [0.25, 0.3) is 0 Å². The lowest BCUT2D eigenvalue weighted by atomic mass is 10.2. The van der Waals surface area contributed by atoms with Crippen LogP contribution >= 0.6 is 15.9 Å². The smallest absolute Gasteiger partial charge is 0.214 e. The first kappa shape index (κ1) is 14.9. The highest BCUT2D eigenvalue weighted by atomic mass is 79.9. The van der Waals surface area contributed by atoms with Crippen molar-refractivity contribution in [2.45, 2.75) is 12.5 Å². The van der Waals surface area contributed by atoms with Crippen LogP contribution in [0.5, 0.6) is 0 Å². The molecule has 7 heteroatoms. The number of hydrogen-bond acceptors (Lipinski definition) is 4. The van der Waals surface area contributed by atoms with Gasteiger partial charge in [0.15, 0.2) is 0 Å². The highest BCUT2D eigenvalue weighted by Gasteiger charge is 2.31. The second-order valence-electron chi connectivity index (χ2n) is 4.42. The third-order valence-corrected chi connectivity index (χ3v) is 5.77. The van der Waals surface area contributed by atoms with Crippen molar-refractivity contribution in [2.24, 2.45) is 0 Å². The first-order chi connectivity index (χ1) is 9.13. The fourth-order valence-corrected chi connectivity index (χ4v) is 4.44. The molecular formula is C12H17BrN2O3S. The minimum Gasteiger partial charge on any atom is -0.378 e. The zero-order chi connectivity index (χ0) is 13.7. The predicted octanol–water partition coefficient (Wildman–Crippen LogP) is 1.05. The maximum absolute atomic E-state index is 12.4. The van der Waals surface area contributed by atoms with E-state index in [0.717, 1.165) is 5.56 Å². The summed E-state index contributed by atoms with van der Waals surface area (Å²) in [7, 11) is -3.24. The molecule has 0 radical (unpaired) electrons. The van der Waals surface area contributed by atoms with Crippen molar-refractivity contribution in [1.82, 2.24) is 9.29 Å². The molecule has 1 aromatic rings. The van der Waals surface area contributed by atoms with Crippen LogP contribution in [0.3, 0.4) is 0 Å². The van der Waals surface area contributed by atoms with Crippen LogP contribution in [-0.2, 0) is 21.2 Å². The highest BCUT2D eigenvalue weighted by Crippen LogP contribution is 2.16. The summed E-state index contributed by atoms with van der Waals surface area (Å²) in [6, 6.07) is 3.59. The number of morpholine rings is 1. The van der Waals surface area contributed by atoms with Crippen LogP contribution in [0.4, 0.5) is 0 Å². The third kappa shape index (κ3) is 3.98. The Balaban J connectivity index is 2.01. The van der Waals surface area contributed by atoms with E-state index in [9.17, 15) is 8.42 Å². The zero-order valence-corrected chi connectivity index (χ0v) is 12.9. The summed E-state index contributed by atoms with van der Waals surface area (Å²) in [5, 5.41) is 0.599. The Kier molecular flexibility index (Phi) is 5.32. The number of sulfonamides is 1. The number of nitrogens with zero attached hydrogens (tertiary/aromatic N) is 2. The Morgan fingerprint density at radius 3 is 2.84 bits per heavy atom. The minimum atomic E-state index is -3.24. The summed E-state index contributed by atoms with van der Waals surface area (Å²) in [5.41, 5.74) is 0.988. The molecule has 1 aliphatic heterocycles. The number of halogens is 1. The Morgan fingerprint density at radius 1 is 1.42 bits per heavy atom. The van der Waals surface area contributed by atoms with E-state index in [-0.39, 0.29) is 11.8 Å². The summed E-state index contributed by atoms with van der Waals surface area (Å²) < 4.78 is 31.6. The lowest BCUT2D eigenvalue weighted by molar-refractivity contribution is 0.0413. The summed E-state index contributed by atoms with van der Waals surface area (Å²) >= 11 is 3.35. The predicted molar refractivity (Wildman–Crippen MR) is 76.8 cm³/mol. The van der Waals surface area contributed by atoms with Gasteiger partial charge >= 0.3 is 0 Å². The summed E-state index contributed by atoms with van der Waals surface area (Å²) in [6.45, 7) is 1.37. The molecule has 0 aromatic carbocycles. The number of alkyl halides is 1. The number of hydrogen-bond donors (Lipinski definition) is 0. The molecule has 2 heterocycles. The van der Waals surface area contributed by atoms with Gasteiger partial charge in [-0.15, -0.1) is 0 Å². The van der Waals surface area contributed by atoms with Gasteiger partial charge in [0.05, 0.1) is 25.0 Å². The first-order valence-corrected chi connectivity index (χ1v) is 8.88. The average Bonchev–Trinajstić information content (AvgIpc) is 2.46. The second kappa shape index (κ2) is 6.78. The van der Waals surface area contributed by atoms with Crippen molar-refractivity contribution in [3.63, 3.8) is 0 Å². The Labute approximate surface area is 122 Å². The molecule has 106 valence electrons. The topological polar surface area (TPSA) is 59.5 Å². The van der Waals surface area contributed by atoms with E-state index >= 15 is 0 Å². The first-order valence-electron chi connectivity index (χ1n) is 6.15. The Morgan fingerprint density at radius 2 is 2.16 bits per heavy atom. The van der Waals surface area contributed by atoms with Gasteiger partial charge in [0, 0.05) is 24.3 Å². The van der Waals surface area contributed by atoms with E-state index in [4.69, 9.17) is 4.74 Å². The normalized spacial score (nSPS) is 21.4. The van der Waals surface area contributed by atoms with Crippen LogP contribution < -0.4 is 0 Å². The molecule has 0 aliphatic carbocycles. The molecule has 1 aromatic heterocycles. The molecule has 0 bridgehead atoms. The van der Waals surface area contributed by atoms with Crippen molar-refractivity contribution in [3.8, 4) is 0 Å². The monoisotopic (exact) mass is 348 g/mol. The zero-order valence-electron chi connectivity index (χ0n) is 10.5. The van der Waals surface area contributed by atoms with Gasteiger partial charge in [0.2, 0.25) is 10.0 Å². The molecule has 19 heavy (non-hydrogen) atoms. The van der Waals surface area contributed by atoms with Crippen LogP contribution in [0.25, 0.3) is 0 Å². The Hall–Kier alpha value is -0.500. The number of aromatic nitrogens is 1. The van der Waals surface area contributed by atoms with E-state index in [1.807, 2.05) is 12.1 Å². The largest absolute Gasteiger partial charge is 0.378 e. The molecule has 1 unspecified atom stereocenters. The quantitative estimate of drug-likeness (QED) is 0.746. The molecule has 0 spiro atoms. The molecule has 1 saturated heterocycles. The Bertz CT molecular complexity index is 495. The van der Waals surface area contributed by atoms with E-state index in [0.29, 0.717) is 31.5 Å². The maximum Gasteiger partial charge on any atom is 0.214 e.